The molecular formula is C15H31NO. The Balaban J connectivity index is 2.14. The highest BCUT2D eigenvalue weighted by molar-refractivity contribution is 4.76. The molecule has 1 N–H and O–H groups in total. The summed E-state index contributed by atoms with van der Waals surface area (Å²) in [6, 6.07) is 0. The molecular weight excluding hydrogens is 210 g/mol. The number of hydrogen-bond acceptors (Lipinski definition) is 2. The van der Waals surface area contributed by atoms with Gasteiger partial charge >= 0.3 is 0 Å². The van der Waals surface area contributed by atoms with Gasteiger partial charge in [-0.05, 0) is 51.0 Å². The Hall–Kier alpha value is -0.0800. The van der Waals surface area contributed by atoms with Crippen LogP contribution in [0.3, 0.4) is 0 Å². The average Bonchev–Trinajstić information content (AvgIpc) is 2.23. The summed E-state index contributed by atoms with van der Waals surface area (Å²) in [7, 11) is 0. The van der Waals surface area contributed by atoms with E-state index in [1.807, 2.05) is 0 Å². The molecule has 0 radical (unpaired) electrons. The van der Waals surface area contributed by atoms with E-state index in [1.165, 1.54) is 32.1 Å². The molecule has 3 atom stereocenters. The lowest BCUT2D eigenvalue weighted by Crippen LogP contribution is -2.34. The summed E-state index contributed by atoms with van der Waals surface area (Å²) in [5.74, 6) is 1.67. The van der Waals surface area contributed by atoms with E-state index in [4.69, 9.17) is 4.74 Å². The molecule has 0 aromatic heterocycles. The van der Waals surface area contributed by atoms with Crippen molar-refractivity contribution in [2.24, 2.45) is 11.8 Å². The summed E-state index contributed by atoms with van der Waals surface area (Å²) in [6.07, 6.45) is 7.27. The van der Waals surface area contributed by atoms with Gasteiger partial charge in [-0.15, -0.1) is 0 Å². The smallest absolute Gasteiger partial charge is 0.0675 e. The van der Waals surface area contributed by atoms with Crippen LogP contribution in [0.5, 0.6) is 0 Å². The summed E-state index contributed by atoms with van der Waals surface area (Å²) in [4.78, 5) is 0. The lowest BCUT2D eigenvalue weighted by Gasteiger charge is -2.33. The van der Waals surface area contributed by atoms with Crippen LogP contribution < -0.4 is 5.32 Å². The molecule has 0 amide bonds. The van der Waals surface area contributed by atoms with Crippen molar-refractivity contribution in [3.05, 3.63) is 0 Å². The van der Waals surface area contributed by atoms with Crippen LogP contribution in [-0.2, 0) is 4.74 Å². The zero-order valence-electron chi connectivity index (χ0n) is 12.2. The first-order chi connectivity index (χ1) is 8.11. The number of unbranched alkanes of at least 4 members (excludes halogenated alkanes) is 1. The van der Waals surface area contributed by atoms with E-state index in [1.54, 1.807) is 0 Å². The van der Waals surface area contributed by atoms with Gasteiger partial charge in [0.05, 0.1) is 12.2 Å². The first-order valence-corrected chi connectivity index (χ1v) is 7.48. The maximum atomic E-state index is 6.15. The lowest BCUT2D eigenvalue weighted by molar-refractivity contribution is -0.0400. The van der Waals surface area contributed by atoms with Crippen LogP contribution in [0.25, 0.3) is 0 Å². The van der Waals surface area contributed by atoms with Crippen molar-refractivity contribution < 1.29 is 4.74 Å². The summed E-state index contributed by atoms with van der Waals surface area (Å²) >= 11 is 0. The van der Waals surface area contributed by atoms with E-state index in [-0.39, 0.29) is 0 Å². The van der Waals surface area contributed by atoms with Crippen molar-refractivity contribution in [2.75, 3.05) is 13.1 Å². The Bertz CT molecular complexity index is 185. The third-order valence-corrected chi connectivity index (χ3v) is 3.70. The van der Waals surface area contributed by atoms with Gasteiger partial charge in [0.1, 0.15) is 0 Å². The normalized spacial score (nSPS) is 31.4. The quantitative estimate of drug-likeness (QED) is 0.688. The molecule has 0 aromatic rings. The highest BCUT2D eigenvalue weighted by Crippen LogP contribution is 2.30. The van der Waals surface area contributed by atoms with Gasteiger partial charge in [-0.1, -0.05) is 27.2 Å². The second-order valence-corrected chi connectivity index (χ2v) is 6.04. The van der Waals surface area contributed by atoms with Crippen molar-refractivity contribution in [3.63, 3.8) is 0 Å². The molecule has 102 valence electrons. The third kappa shape index (κ3) is 6.42. The fraction of sp³-hybridized carbons (Fsp3) is 1.00. The molecule has 1 aliphatic rings. The van der Waals surface area contributed by atoms with E-state index in [0.29, 0.717) is 12.2 Å². The second-order valence-electron chi connectivity index (χ2n) is 6.04. The molecule has 1 rings (SSSR count). The summed E-state index contributed by atoms with van der Waals surface area (Å²) in [5, 5.41) is 3.47. The van der Waals surface area contributed by atoms with Crippen LogP contribution in [-0.4, -0.2) is 25.3 Å². The molecule has 1 saturated carbocycles. The van der Waals surface area contributed by atoms with Crippen LogP contribution in [0.2, 0.25) is 0 Å². The van der Waals surface area contributed by atoms with Crippen molar-refractivity contribution in [1.82, 2.24) is 5.32 Å². The molecule has 0 aromatic carbocycles. The average molecular weight is 241 g/mol. The Morgan fingerprint density at radius 1 is 1.18 bits per heavy atom. The number of ether oxygens (including phenoxy) is 1. The first kappa shape index (κ1) is 15.0. The van der Waals surface area contributed by atoms with Gasteiger partial charge in [-0.3, -0.25) is 0 Å². The maximum Gasteiger partial charge on any atom is 0.0675 e. The molecule has 1 aliphatic carbocycles. The zero-order chi connectivity index (χ0) is 12.7. The largest absolute Gasteiger partial charge is 0.374 e. The van der Waals surface area contributed by atoms with E-state index >= 15 is 0 Å². The fourth-order valence-corrected chi connectivity index (χ4v) is 2.97. The summed E-state index contributed by atoms with van der Waals surface area (Å²) in [5.41, 5.74) is 0. The minimum absolute atomic E-state index is 0.356. The van der Waals surface area contributed by atoms with Crippen molar-refractivity contribution in [2.45, 2.75) is 72.0 Å². The topological polar surface area (TPSA) is 21.3 Å². The Labute approximate surface area is 108 Å². The highest BCUT2D eigenvalue weighted by Gasteiger charge is 2.25. The minimum atomic E-state index is 0.356. The SMILES string of the molecule is CCCCNCC(C)OC1CC(C)CC(C)C1. The zero-order valence-corrected chi connectivity index (χ0v) is 12.2. The standard InChI is InChI=1S/C15H31NO/c1-5-6-7-16-11-14(4)17-15-9-12(2)8-13(3)10-15/h12-16H,5-11H2,1-4H3. The lowest BCUT2D eigenvalue weighted by atomic mass is 9.82. The molecule has 0 spiro atoms. The van der Waals surface area contributed by atoms with Gasteiger partial charge in [0.25, 0.3) is 0 Å². The van der Waals surface area contributed by atoms with Crippen LogP contribution in [0.4, 0.5) is 0 Å². The molecule has 2 heteroatoms. The predicted octanol–water partition coefficient (Wildman–Crippen LogP) is 3.61. The predicted molar refractivity (Wildman–Crippen MR) is 74.3 cm³/mol. The van der Waals surface area contributed by atoms with Crippen LogP contribution in [0.15, 0.2) is 0 Å². The third-order valence-electron chi connectivity index (χ3n) is 3.70. The fourth-order valence-electron chi connectivity index (χ4n) is 2.97. The molecule has 0 heterocycles. The van der Waals surface area contributed by atoms with Crippen LogP contribution >= 0.6 is 0 Å². The van der Waals surface area contributed by atoms with Gasteiger partial charge in [-0.2, -0.15) is 0 Å². The van der Waals surface area contributed by atoms with Crippen molar-refractivity contribution in [3.8, 4) is 0 Å². The second kappa shape index (κ2) is 8.10. The van der Waals surface area contributed by atoms with Crippen LogP contribution in [0.1, 0.15) is 59.8 Å². The number of nitrogens with one attached hydrogen (secondary N) is 1. The Morgan fingerprint density at radius 3 is 2.41 bits per heavy atom. The Morgan fingerprint density at radius 2 is 1.82 bits per heavy atom. The Kier molecular flexibility index (Phi) is 7.14. The molecule has 0 saturated heterocycles. The highest BCUT2D eigenvalue weighted by atomic mass is 16.5. The summed E-state index contributed by atoms with van der Waals surface area (Å²) in [6.45, 7) is 11.3. The molecule has 17 heavy (non-hydrogen) atoms. The molecule has 3 unspecified atom stereocenters. The molecule has 0 bridgehead atoms. The molecule has 1 fully saturated rings. The van der Waals surface area contributed by atoms with E-state index < -0.39 is 0 Å². The van der Waals surface area contributed by atoms with Crippen molar-refractivity contribution >= 4 is 0 Å². The van der Waals surface area contributed by atoms with E-state index in [9.17, 15) is 0 Å². The van der Waals surface area contributed by atoms with Gasteiger partial charge in [-0.25, -0.2) is 0 Å². The van der Waals surface area contributed by atoms with Gasteiger partial charge < -0.3 is 10.1 Å². The van der Waals surface area contributed by atoms with Gasteiger partial charge in [0.15, 0.2) is 0 Å². The number of rotatable bonds is 7. The van der Waals surface area contributed by atoms with Crippen molar-refractivity contribution in [1.29, 1.82) is 0 Å². The molecule has 2 nitrogen and oxygen atoms in total. The monoisotopic (exact) mass is 241 g/mol. The van der Waals surface area contributed by atoms with E-state index in [2.05, 4.69) is 33.0 Å². The summed E-state index contributed by atoms with van der Waals surface area (Å²) < 4.78 is 6.15. The molecule has 0 aliphatic heterocycles. The minimum Gasteiger partial charge on any atom is -0.374 e. The van der Waals surface area contributed by atoms with Gasteiger partial charge in [0, 0.05) is 6.54 Å². The van der Waals surface area contributed by atoms with Gasteiger partial charge in [0.2, 0.25) is 0 Å². The maximum absolute atomic E-state index is 6.15. The first-order valence-electron chi connectivity index (χ1n) is 7.48. The van der Waals surface area contributed by atoms with Crippen LogP contribution in [0, 0.1) is 11.8 Å². The number of hydrogen-bond donors (Lipinski definition) is 1. The van der Waals surface area contributed by atoms with E-state index in [0.717, 1.165) is 24.9 Å².